The van der Waals surface area contributed by atoms with Crippen LogP contribution in [0.2, 0.25) is 0 Å². The van der Waals surface area contributed by atoms with Crippen LogP contribution in [0.15, 0.2) is 0 Å². The Morgan fingerprint density at radius 1 is 0.520 bits per heavy atom. The molecule has 0 bridgehead atoms. The van der Waals surface area contributed by atoms with Gasteiger partial charge in [-0.3, -0.25) is 24.1 Å². The van der Waals surface area contributed by atoms with Gasteiger partial charge in [-0.2, -0.15) is 0 Å². The fourth-order valence-corrected chi connectivity index (χ4v) is 6.44. The highest BCUT2D eigenvalue weighted by molar-refractivity contribution is 5.90. The number of amides is 4. The normalized spacial score (nSPS) is 11.9. The van der Waals surface area contributed by atoms with Gasteiger partial charge < -0.3 is 25.5 Å². The second-order valence-electron chi connectivity index (χ2n) is 14.3. The third-order valence-electron chi connectivity index (χ3n) is 9.86. The number of unbranched alkanes of at least 4 members (excludes halogenated alkanes) is 15. The van der Waals surface area contributed by atoms with Gasteiger partial charge in [0, 0.05) is 26.2 Å². The smallest absolute Gasteiger partial charge is 0.242 e. The molecule has 294 valence electrons. The van der Waals surface area contributed by atoms with Gasteiger partial charge in [-0.05, 0) is 31.7 Å². The van der Waals surface area contributed by atoms with Crippen LogP contribution in [-0.4, -0.2) is 114 Å². The molecule has 0 aliphatic rings. The van der Waals surface area contributed by atoms with Crippen molar-refractivity contribution < 1.29 is 24.3 Å². The number of primary amides is 1. The molecule has 1 unspecified atom stereocenters. The van der Waals surface area contributed by atoms with Gasteiger partial charge in [-0.1, -0.05) is 144 Å². The maximum atomic E-state index is 14.1. The Bertz CT molecular complexity index is 873. The zero-order valence-corrected chi connectivity index (χ0v) is 33.2. The highest BCUT2D eigenvalue weighted by Crippen LogP contribution is 2.16. The summed E-state index contributed by atoms with van der Waals surface area (Å²) in [4.78, 5) is 60.1. The van der Waals surface area contributed by atoms with E-state index in [-0.39, 0.29) is 56.4 Å². The number of rotatable bonds is 35. The Morgan fingerprint density at radius 3 is 1.38 bits per heavy atom. The molecule has 0 saturated carbocycles. The van der Waals surface area contributed by atoms with Gasteiger partial charge in [-0.25, -0.2) is 0 Å². The minimum Gasteiger partial charge on any atom is -0.395 e. The van der Waals surface area contributed by atoms with Gasteiger partial charge in [0.15, 0.2) is 0 Å². The van der Waals surface area contributed by atoms with Crippen molar-refractivity contribution in [2.45, 2.75) is 163 Å². The number of hydrogen-bond acceptors (Lipinski definition) is 6. The molecular weight excluding hydrogens is 630 g/mol. The largest absolute Gasteiger partial charge is 0.395 e. The predicted octanol–water partition coefficient (Wildman–Crippen LogP) is 6.77. The van der Waals surface area contributed by atoms with Crippen LogP contribution in [0.5, 0.6) is 0 Å². The highest BCUT2D eigenvalue weighted by atomic mass is 16.3. The zero-order valence-electron chi connectivity index (χ0n) is 33.2. The van der Waals surface area contributed by atoms with Gasteiger partial charge in [-0.15, -0.1) is 0 Å². The maximum Gasteiger partial charge on any atom is 0.242 e. The Morgan fingerprint density at radius 2 is 0.940 bits per heavy atom. The third kappa shape index (κ3) is 24.9. The first-order valence-electron chi connectivity index (χ1n) is 20.6. The van der Waals surface area contributed by atoms with Crippen molar-refractivity contribution in [2.75, 3.05) is 65.5 Å². The van der Waals surface area contributed by atoms with Gasteiger partial charge in [0.2, 0.25) is 23.6 Å². The molecule has 50 heavy (non-hydrogen) atoms. The molecule has 0 radical (unpaired) electrons. The van der Waals surface area contributed by atoms with Crippen molar-refractivity contribution in [2.24, 2.45) is 11.7 Å². The van der Waals surface area contributed by atoms with Gasteiger partial charge in [0.05, 0.1) is 32.8 Å². The van der Waals surface area contributed by atoms with Crippen LogP contribution < -0.4 is 5.73 Å². The molecule has 3 N–H and O–H groups in total. The van der Waals surface area contributed by atoms with E-state index in [4.69, 9.17) is 5.73 Å². The van der Waals surface area contributed by atoms with Crippen molar-refractivity contribution in [1.82, 2.24) is 19.6 Å². The summed E-state index contributed by atoms with van der Waals surface area (Å²) in [5, 5.41) is 9.50. The molecule has 0 aromatic heterocycles. The van der Waals surface area contributed by atoms with Crippen LogP contribution in [0.25, 0.3) is 0 Å². The number of nitrogens with zero attached hydrogens (tertiary/aromatic N) is 4. The van der Waals surface area contributed by atoms with E-state index in [9.17, 15) is 24.3 Å². The lowest BCUT2D eigenvalue weighted by Crippen LogP contribution is -2.51. The fraction of sp³-hybridized carbons (Fsp3) is 0.900. The molecule has 0 aliphatic heterocycles. The Labute approximate surface area is 307 Å². The molecular formula is C40H79N5O5. The maximum absolute atomic E-state index is 14.1. The average Bonchev–Trinajstić information content (AvgIpc) is 3.10. The van der Waals surface area contributed by atoms with Crippen molar-refractivity contribution in [3.8, 4) is 0 Å². The summed E-state index contributed by atoms with van der Waals surface area (Å²) in [6.07, 6.45) is 22.0. The summed E-state index contributed by atoms with van der Waals surface area (Å²) in [5.41, 5.74) is 5.57. The summed E-state index contributed by atoms with van der Waals surface area (Å²) >= 11 is 0. The summed E-state index contributed by atoms with van der Waals surface area (Å²) in [5.74, 6) is -0.966. The quantitative estimate of drug-likeness (QED) is 0.0700. The topological polar surface area (TPSA) is 127 Å². The molecule has 0 aliphatic carbocycles. The number of likely N-dealkylation sites (N-methyl/N-ethyl adjacent to an activating group) is 1. The van der Waals surface area contributed by atoms with E-state index in [1.165, 1.54) is 69.1 Å². The average molecular weight is 710 g/mol. The van der Waals surface area contributed by atoms with E-state index in [0.717, 1.165) is 64.2 Å². The van der Waals surface area contributed by atoms with E-state index >= 15 is 0 Å². The van der Waals surface area contributed by atoms with E-state index in [1.807, 2.05) is 11.8 Å². The fourth-order valence-electron chi connectivity index (χ4n) is 6.44. The number of nitrogens with two attached hydrogens (primary N) is 1. The molecule has 0 aromatic carbocycles. The molecule has 4 amide bonds. The summed E-state index contributed by atoms with van der Waals surface area (Å²) < 4.78 is 0. The van der Waals surface area contributed by atoms with Gasteiger partial charge in [0.25, 0.3) is 0 Å². The van der Waals surface area contributed by atoms with Crippen LogP contribution in [0.1, 0.15) is 163 Å². The van der Waals surface area contributed by atoms with Crippen molar-refractivity contribution in [3.63, 3.8) is 0 Å². The van der Waals surface area contributed by atoms with Crippen LogP contribution in [0.4, 0.5) is 0 Å². The SMILES string of the molecule is CCCCCCCCCCN(CC(N)=O)C(=O)CN(CC(CC)CCCC)C(=O)CN(CCCCCCCCCC)C(=O)CN(CC)CCO. The predicted molar refractivity (Wildman–Crippen MR) is 207 cm³/mol. The van der Waals surface area contributed by atoms with Crippen LogP contribution in [0, 0.1) is 5.92 Å². The first kappa shape index (κ1) is 47.8. The number of carbonyl (C=O) groups is 4. The lowest BCUT2D eigenvalue weighted by atomic mass is 9.98. The van der Waals surface area contributed by atoms with Gasteiger partial charge >= 0.3 is 0 Å². The highest BCUT2D eigenvalue weighted by Gasteiger charge is 2.27. The number of carbonyl (C=O) groups excluding carboxylic acids is 4. The van der Waals surface area contributed by atoms with E-state index in [2.05, 4.69) is 27.7 Å². The Hall–Kier alpha value is -2.20. The first-order chi connectivity index (χ1) is 24.2. The molecule has 0 aromatic rings. The number of aliphatic hydroxyl groups is 1. The molecule has 0 spiro atoms. The lowest BCUT2D eigenvalue weighted by Gasteiger charge is -2.32. The van der Waals surface area contributed by atoms with Gasteiger partial charge in [0.1, 0.15) is 0 Å². The summed E-state index contributed by atoms with van der Waals surface area (Å²) in [6.45, 7) is 12.7. The van der Waals surface area contributed by atoms with Crippen molar-refractivity contribution in [3.05, 3.63) is 0 Å². The monoisotopic (exact) mass is 710 g/mol. The van der Waals surface area contributed by atoms with Crippen LogP contribution in [0.3, 0.4) is 0 Å². The third-order valence-corrected chi connectivity index (χ3v) is 9.86. The van der Waals surface area contributed by atoms with Crippen LogP contribution in [-0.2, 0) is 19.2 Å². The number of aliphatic hydroxyl groups excluding tert-OH is 1. The molecule has 0 rings (SSSR count). The lowest BCUT2D eigenvalue weighted by molar-refractivity contribution is -0.145. The molecule has 1 atom stereocenters. The first-order valence-corrected chi connectivity index (χ1v) is 20.6. The minimum absolute atomic E-state index is 0.0368. The minimum atomic E-state index is -0.560. The Balaban J connectivity index is 5.80. The second kappa shape index (κ2) is 32.7. The summed E-state index contributed by atoms with van der Waals surface area (Å²) in [6, 6.07) is 0. The Kier molecular flexibility index (Phi) is 31.3. The van der Waals surface area contributed by atoms with E-state index in [1.54, 1.807) is 9.80 Å². The molecule has 0 heterocycles. The second-order valence-corrected chi connectivity index (χ2v) is 14.3. The molecule has 10 nitrogen and oxygen atoms in total. The summed E-state index contributed by atoms with van der Waals surface area (Å²) in [7, 11) is 0. The molecule has 0 fully saturated rings. The zero-order chi connectivity index (χ0) is 37.4. The number of hydrogen-bond donors (Lipinski definition) is 2. The van der Waals surface area contributed by atoms with Crippen molar-refractivity contribution in [1.29, 1.82) is 0 Å². The molecule has 0 saturated heterocycles. The van der Waals surface area contributed by atoms with Crippen molar-refractivity contribution >= 4 is 23.6 Å². The van der Waals surface area contributed by atoms with E-state index in [0.29, 0.717) is 32.7 Å². The van der Waals surface area contributed by atoms with E-state index < -0.39 is 5.91 Å². The molecule has 10 heteroatoms. The van der Waals surface area contributed by atoms with Crippen LogP contribution >= 0.6 is 0 Å². The standard InChI is InChI=1S/C40H79N5O5/c1-6-11-14-16-18-20-22-24-27-43(32-37(41)47)39(49)35-45(31-36(9-4)26-13-8-3)40(50)34-44(38(48)33-42(10-5)29-30-46)28-25-23-21-19-17-15-12-7-2/h36,46H,6-35H2,1-5H3,(H2,41,47).